The van der Waals surface area contributed by atoms with E-state index in [0.717, 1.165) is 0 Å². The Labute approximate surface area is 126 Å². The summed E-state index contributed by atoms with van der Waals surface area (Å²) in [7, 11) is -3.76. The van der Waals surface area contributed by atoms with E-state index in [2.05, 4.69) is 5.32 Å². The van der Waals surface area contributed by atoms with E-state index < -0.39 is 26.5 Å². The first-order valence-electron chi connectivity index (χ1n) is 6.93. The third-order valence-corrected chi connectivity index (χ3v) is 5.90. The molecule has 0 saturated heterocycles. The van der Waals surface area contributed by atoms with Crippen LogP contribution < -0.4 is 11.1 Å². The summed E-state index contributed by atoms with van der Waals surface area (Å²) >= 11 is 0. The van der Waals surface area contributed by atoms with Gasteiger partial charge >= 0.3 is 0 Å². The zero-order chi connectivity index (χ0) is 16.4. The molecule has 0 aromatic heterocycles. The molecule has 21 heavy (non-hydrogen) atoms. The fourth-order valence-corrected chi connectivity index (χ4v) is 3.32. The fraction of sp³-hybridized carbons (Fsp3) is 0.533. The topological polar surface area (TPSA) is 89.3 Å². The number of carbonyl (C=O) groups is 1. The normalized spacial score (nSPS) is 13.8. The molecule has 3 N–H and O–H groups in total. The summed E-state index contributed by atoms with van der Waals surface area (Å²) in [6.45, 7) is 8.74. The lowest BCUT2D eigenvalue weighted by Crippen LogP contribution is -2.48. The Morgan fingerprint density at radius 3 is 2.48 bits per heavy atom. The number of nitrogens with two attached hydrogens (primary N) is 1. The molecule has 5 nitrogen and oxygen atoms in total. The molecule has 1 atom stereocenters. The van der Waals surface area contributed by atoms with Crippen molar-refractivity contribution in [3.05, 3.63) is 23.8 Å². The first-order valence-corrected chi connectivity index (χ1v) is 8.48. The van der Waals surface area contributed by atoms with Crippen LogP contribution in [0.15, 0.2) is 23.1 Å². The van der Waals surface area contributed by atoms with Crippen LogP contribution in [0.3, 0.4) is 0 Å². The van der Waals surface area contributed by atoms with Crippen molar-refractivity contribution < 1.29 is 13.2 Å². The third kappa shape index (κ3) is 3.97. The van der Waals surface area contributed by atoms with Gasteiger partial charge in [0.25, 0.3) is 0 Å². The average Bonchev–Trinajstić information content (AvgIpc) is 2.39. The minimum absolute atomic E-state index is 0.111. The van der Waals surface area contributed by atoms with E-state index in [1.54, 1.807) is 19.1 Å². The van der Waals surface area contributed by atoms with Gasteiger partial charge in [-0.05, 0) is 51.8 Å². The predicted molar refractivity (Wildman–Crippen MR) is 84.8 cm³/mol. The highest BCUT2D eigenvalue weighted by Crippen LogP contribution is 2.23. The van der Waals surface area contributed by atoms with Crippen molar-refractivity contribution in [1.82, 2.24) is 5.32 Å². The Hall–Kier alpha value is -1.56. The van der Waals surface area contributed by atoms with Crippen LogP contribution in [0.25, 0.3) is 0 Å². The van der Waals surface area contributed by atoms with E-state index in [-0.39, 0.29) is 4.90 Å². The number of amides is 1. The number of hydrogen-bond donors (Lipinski definition) is 2. The number of aryl methyl sites for hydroxylation is 1. The number of benzene rings is 1. The van der Waals surface area contributed by atoms with Gasteiger partial charge in [-0.3, -0.25) is 4.79 Å². The van der Waals surface area contributed by atoms with E-state index in [1.807, 2.05) is 20.8 Å². The van der Waals surface area contributed by atoms with Crippen LogP contribution >= 0.6 is 0 Å². The maximum absolute atomic E-state index is 12.6. The number of carbonyl (C=O) groups excluding carboxylic acids is 1. The molecule has 0 aliphatic heterocycles. The van der Waals surface area contributed by atoms with E-state index in [1.165, 1.54) is 13.0 Å². The zero-order valence-electron chi connectivity index (χ0n) is 13.2. The number of rotatable bonds is 5. The second kappa shape index (κ2) is 6.05. The van der Waals surface area contributed by atoms with Crippen LogP contribution in [-0.4, -0.2) is 25.1 Å². The Kier molecular flexibility index (Phi) is 5.04. The van der Waals surface area contributed by atoms with E-state index in [4.69, 9.17) is 5.73 Å². The van der Waals surface area contributed by atoms with Crippen molar-refractivity contribution in [2.75, 3.05) is 5.73 Å². The largest absolute Gasteiger partial charge is 0.399 e. The molecule has 1 amide bonds. The Bertz CT molecular complexity index is 636. The SMILES string of the molecule is CCC(C)(C)NC(=O)C(C)S(=O)(=O)c1cc(N)ccc1C. The Morgan fingerprint density at radius 2 is 1.95 bits per heavy atom. The Balaban J connectivity index is 3.13. The monoisotopic (exact) mass is 312 g/mol. The van der Waals surface area contributed by atoms with Gasteiger partial charge in [0.15, 0.2) is 9.84 Å². The quantitative estimate of drug-likeness (QED) is 0.814. The number of nitrogen functional groups attached to an aromatic ring is 1. The molecule has 0 aliphatic rings. The van der Waals surface area contributed by atoms with Crippen LogP contribution in [0.5, 0.6) is 0 Å². The molecule has 1 rings (SSSR count). The van der Waals surface area contributed by atoms with Crippen molar-refractivity contribution >= 4 is 21.4 Å². The molecule has 0 radical (unpaired) electrons. The van der Waals surface area contributed by atoms with Gasteiger partial charge in [-0.2, -0.15) is 0 Å². The number of anilines is 1. The van der Waals surface area contributed by atoms with Gasteiger partial charge in [0.2, 0.25) is 5.91 Å². The molecular weight excluding hydrogens is 288 g/mol. The van der Waals surface area contributed by atoms with Gasteiger partial charge in [0.1, 0.15) is 5.25 Å². The summed E-state index contributed by atoms with van der Waals surface area (Å²) in [5, 5.41) is 1.60. The minimum atomic E-state index is -3.76. The van der Waals surface area contributed by atoms with Gasteiger partial charge < -0.3 is 11.1 Å². The van der Waals surface area contributed by atoms with Gasteiger partial charge in [0.05, 0.1) is 4.90 Å². The number of hydrogen-bond acceptors (Lipinski definition) is 4. The van der Waals surface area contributed by atoms with E-state index in [9.17, 15) is 13.2 Å². The standard InChI is InChI=1S/C15H24N2O3S/c1-6-15(4,5)17-14(18)11(3)21(19,20)13-9-12(16)8-7-10(13)2/h7-9,11H,6,16H2,1-5H3,(H,17,18). The second-order valence-corrected chi connectivity index (χ2v) is 8.18. The Morgan fingerprint density at radius 1 is 1.38 bits per heavy atom. The highest BCUT2D eigenvalue weighted by atomic mass is 32.2. The van der Waals surface area contributed by atoms with Crippen LogP contribution in [0.2, 0.25) is 0 Å². The van der Waals surface area contributed by atoms with Gasteiger partial charge in [0, 0.05) is 11.2 Å². The maximum atomic E-state index is 12.6. The first-order chi connectivity index (χ1) is 9.51. The van der Waals surface area contributed by atoms with Crippen molar-refractivity contribution in [2.24, 2.45) is 0 Å². The van der Waals surface area contributed by atoms with E-state index >= 15 is 0 Å². The highest BCUT2D eigenvalue weighted by molar-refractivity contribution is 7.92. The first kappa shape index (κ1) is 17.5. The van der Waals surface area contributed by atoms with E-state index in [0.29, 0.717) is 17.7 Å². The fourth-order valence-electron chi connectivity index (χ4n) is 1.78. The van der Waals surface area contributed by atoms with Crippen molar-refractivity contribution in [1.29, 1.82) is 0 Å². The predicted octanol–water partition coefficient (Wildman–Crippen LogP) is 2.04. The molecule has 6 heteroatoms. The molecule has 0 bridgehead atoms. The minimum Gasteiger partial charge on any atom is -0.399 e. The summed E-state index contributed by atoms with van der Waals surface area (Å²) < 4.78 is 25.2. The molecule has 0 saturated carbocycles. The molecule has 118 valence electrons. The lowest BCUT2D eigenvalue weighted by molar-refractivity contribution is -0.122. The molecule has 0 spiro atoms. The summed E-state index contributed by atoms with van der Waals surface area (Å²) in [6.07, 6.45) is 0.711. The van der Waals surface area contributed by atoms with Crippen LogP contribution in [0.4, 0.5) is 5.69 Å². The second-order valence-electron chi connectivity index (χ2n) is 5.94. The lowest BCUT2D eigenvalue weighted by Gasteiger charge is -2.26. The molecule has 0 fully saturated rings. The summed E-state index contributed by atoms with van der Waals surface area (Å²) in [6, 6.07) is 4.68. The van der Waals surface area contributed by atoms with Gasteiger partial charge in [-0.15, -0.1) is 0 Å². The summed E-state index contributed by atoms with van der Waals surface area (Å²) in [5.41, 5.74) is 6.16. The molecule has 1 unspecified atom stereocenters. The van der Waals surface area contributed by atoms with Gasteiger partial charge in [-0.25, -0.2) is 8.42 Å². The molecule has 0 aliphatic carbocycles. The highest BCUT2D eigenvalue weighted by Gasteiger charge is 2.33. The molecular formula is C15H24N2O3S. The van der Waals surface area contributed by atoms with Crippen molar-refractivity contribution in [3.63, 3.8) is 0 Å². The van der Waals surface area contributed by atoms with Crippen molar-refractivity contribution in [2.45, 2.75) is 56.7 Å². The number of sulfone groups is 1. The third-order valence-electron chi connectivity index (χ3n) is 3.70. The van der Waals surface area contributed by atoms with Crippen LogP contribution in [0, 0.1) is 6.92 Å². The van der Waals surface area contributed by atoms with Crippen LogP contribution in [0.1, 0.15) is 39.7 Å². The molecule has 1 aromatic carbocycles. The number of nitrogens with one attached hydrogen (secondary N) is 1. The van der Waals surface area contributed by atoms with Crippen LogP contribution in [-0.2, 0) is 14.6 Å². The van der Waals surface area contributed by atoms with Crippen molar-refractivity contribution in [3.8, 4) is 0 Å². The average molecular weight is 312 g/mol. The molecule has 0 heterocycles. The summed E-state index contributed by atoms with van der Waals surface area (Å²) in [5.74, 6) is -0.497. The lowest BCUT2D eigenvalue weighted by atomic mass is 10.0. The molecule has 1 aromatic rings. The zero-order valence-corrected chi connectivity index (χ0v) is 14.0. The maximum Gasteiger partial charge on any atom is 0.238 e. The summed E-state index contributed by atoms with van der Waals surface area (Å²) in [4.78, 5) is 12.3. The van der Waals surface area contributed by atoms with Gasteiger partial charge in [-0.1, -0.05) is 13.0 Å². The smallest absolute Gasteiger partial charge is 0.238 e.